The van der Waals surface area contributed by atoms with Crippen LogP contribution < -0.4 is 10.1 Å². The molecule has 0 aliphatic rings. The third-order valence-electron chi connectivity index (χ3n) is 2.31. The summed E-state index contributed by atoms with van der Waals surface area (Å²) in [7, 11) is 1.50. The SMILES string of the molecule is COc1ncc(Cl)c(NCc2ccccc2Cl)n1. The summed E-state index contributed by atoms with van der Waals surface area (Å²) in [6.07, 6.45) is 1.49. The molecule has 2 aromatic rings. The number of methoxy groups -OCH3 is 1. The number of benzene rings is 1. The van der Waals surface area contributed by atoms with Gasteiger partial charge in [-0.1, -0.05) is 41.4 Å². The summed E-state index contributed by atoms with van der Waals surface area (Å²) in [5.41, 5.74) is 0.966. The van der Waals surface area contributed by atoms with Crippen LogP contribution >= 0.6 is 23.2 Å². The topological polar surface area (TPSA) is 47.0 Å². The lowest BCUT2D eigenvalue weighted by molar-refractivity contribution is 0.380. The Kier molecular flexibility index (Phi) is 4.23. The second-order valence-electron chi connectivity index (χ2n) is 3.50. The lowest BCUT2D eigenvalue weighted by atomic mass is 10.2. The van der Waals surface area contributed by atoms with Gasteiger partial charge in [0.2, 0.25) is 0 Å². The van der Waals surface area contributed by atoms with Crippen LogP contribution in [-0.4, -0.2) is 17.1 Å². The van der Waals surface area contributed by atoms with Crippen molar-refractivity contribution in [2.45, 2.75) is 6.54 Å². The highest BCUT2D eigenvalue weighted by molar-refractivity contribution is 6.32. The van der Waals surface area contributed by atoms with Gasteiger partial charge in [0, 0.05) is 11.6 Å². The standard InChI is InChI=1S/C12H11Cl2N3O/c1-18-12-16-7-10(14)11(17-12)15-6-8-4-2-3-5-9(8)13/h2-5,7H,6H2,1H3,(H,15,16,17). The van der Waals surface area contributed by atoms with Crippen LogP contribution in [0.4, 0.5) is 5.82 Å². The Labute approximate surface area is 115 Å². The van der Waals surface area contributed by atoms with Gasteiger partial charge in [-0.25, -0.2) is 4.98 Å². The van der Waals surface area contributed by atoms with Gasteiger partial charge in [-0.05, 0) is 11.6 Å². The third-order valence-corrected chi connectivity index (χ3v) is 2.95. The molecule has 0 atom stereocenters. The first kappa shape index (κ1) is 12.9. The molecule has 6 heteroatoms. The Morgan fingerprint density at radius 1 is 1.22 bits per heavy atom. The number of halogens is 2. The van der Waals surface area contributed by atoms with E-state index in [1.807, 2.05) is 24.3 Å². The van der Waals surface area contributed by atoms with Crippen molar-refractivity contribution in [2.24, 2.45) is 0 Å². The molecule has 0 amide bonds. The number of ether oxygens (including phenoxy) is 1. The van der Waals surface area contributed by atoms with Gasteiger partial charge < -0.3 is 10.1 Å². The van der Waals surface area contributed by atoms with Gasteiger partial charge in [0.15, 0.2) is 5.82 Å². The fourth-order valence-electron chi connectivity index (χ4n) is 1.39. The quantitative estimate of drug-likeness (QED) is 0.934. The maximum Gasteiger partial charge on any atom is 0.318 e. The molecule has 0 radical (unpaired) electrons. The van der Waals surface area contributed by atoms with Crippen molar-refractivity contribution in [3.05, 3.63) is 46.1 Å². The first-order valence-electron chi connectivity index (χ1n) is 5.24. The van der Waals surface area contributed by atoms with Crippen LogP contribution in [0.3, 0.4) is 0 Å². The lowest BCUT2D eigenvalue weighted by Crippen LogP contribution is -2.04. The number of rotatable bonds is 4. The van der Waals surface area contributed by atoms with Crippen LogP contribution in [0.25, 0.3) is 0 Å². The van der Waals surface area contributed by atoms with Crippen molar-refractivity contribution in [3.8, 4) is 6.01 Å². The van der Waals surface area contributed by atoms with Crippen LogP contribution in [0.5, 0.6) is 6.01 Å². The highest BCUT2D eigenvalue weighted by Crippen LogP contribution is 2.22. The van der Waals surface area contributed by atoms with Gasteiger partial charge in [0.05, 0.1) is 13.3 Å². The summed E-state index contributed by atoms with van der Waals surface area (Å²) in [5, 5.41) is 4.23. The molecule has 0 saturated heterocycles. The Morgan fingerprint density at radius 3 is 2.72 bits per heavy atom. The molecule has 4 nitrogen and oxygen atoms in total. The smallest absolute Gasteiger partial charge is 0.318 e. The van der Waals surface area contributed by atoms with E-state index in [1.54, 1.807) is 0 Å². The zero-order valence-corrected chi connectivity index (χ0v) is 11.2. The number of anilines is 1. The molecule has 1 heterocycles. The molecule has 0 fully saturated rings. The molecule has 1 N–H and O–H groups in total. The number of hydrogen-bond donors (Lipinski definition) is 1. The Hall–Kier alpha value is -1.52. The Balaban J connectivity index is 2.13. The van der Waals surface area contributed by atoms with E-state index >= 15 is 0 Å². The molecule has 0 bridgehead atoms. The van der Waals surface area contributed by atoms with Crippen molar-refractivity contribution in [2.75, 3.05) is 12.4 Å². The third kappa shape index (κ3) is 3.03. The summed E-state index contributed by atoms with van der Waals surface area (Å²) in [5.74, 6) is 0.517. The minimum atomic E-state index is 0.265. The molecule has 18 heavy (non-hydrogen) atoms. The highest BCUT2D eigenvalue weighted by atomic mass is 35.5. The summed E-state index contributed by atoms with van der Waals surface area (Å²) in [4.78, 5) is 8.01. The van der Waals surface area contributed by atoms with Crippen molar-refractivity contribution in [3.63, 3.8) is 0 Å². The van der Waals surface area contributed by atoms with E-state index in [0.29, 0.717) is 22.4 Å². The van der Waals surface area contributed by atoms with E-state index in [2.05, 4.69) is 15.3 Å². The van der Waals surface area contributed by atoms with Crippen LogP contribution in [0.15, 0.2) is 30.5 Å². The van der Waals surface area contributed by atoms with Crippen molar-refractivity contribution < 1.29 is 4.74 Å². The average molecular weight is 284 g/mol. The molecular formula is C12H11Cl2N3O. The van der Waals surface area contributed by atoms with Gasteiger partial charge in [-0.3, -0.25) is 0 Å². The van der Waals surface area contributed by atoms with E-state index in [9.17, 15) is 0 Å². The van der Waals surface area contributed by atoms with Crippen LogP contribution in [0, 0.1) is 0 Å². The normalized spacial score (nSPS) is 10.2. The molecule has 1 aromatic heterocycles. The molecule has 2 rings (SSSR count). The molecule has 0 spiro atoms. The largest absolute Gasteiger partial charge is 0.467 e. The second-order valence-corrected chi connectivity index (χ2v) is 4.31. The fourth-order valence-corrected chi connectivity index (χ4v) is 1.75. The number of hydrogen-bond acceptors (Lipinski definition) is 4. The monoisotopic (exact) mass is 283 g/mol. The average Bonchev–Trinajstić information content (AvgIpc) is 2.39. The van der Waals surface area contributed by atoms with Gasteiger partial charge >= 0.3 is 6.01 Å². The van der Waals surface area contributed by atoms with Crippen molar-refractivity contribution in [1.82, 2.24) is 9.97 Å². The lowest BCUT2D eigenvalue weighted by Gasteiger charge is -2.09. The minimum Gasteiger partial charge on any atom is -0.467 e. The van der Waals surface area contributed by atoms with Gasteiger partial charge in [0.1, 0.15) is 5.02 Å². The Bertz CT molecular complexity index is 549. The van der Waals surface area contributed by atoms with Crippen LogP contribution in [0.1, 0.15) is 5.56 Å². The molecule has 0 unspecified atom stereocenters. The predicted octanol–water partition coefficient (Wildman–Crippen LogP) is 3.40. The van der Waals surface area contributed by atoms with E-state index in [4.69, 9.17) is 27.9 Å². The van der Waals surface area contributed by atoms with Crippen molar-refractivity contribution in [1.29, 1.82) is 0 Å². The fraction of sp³-hybridized carbons (Fsp3) is 0.167. The second kappa shape index (κ2) is 5.89. The summed E-state index contributed by atoms with van der Waals surface area (Å²) in [6.45, 7) is 0.527. The van der Waals surface area contributed by atoms with E-state index < -0.39 is 0 Å². The number of nitrogens with one attached hydrogen (secondary N) is 1. The maximum atomic E-state index is 6.06. The first-order valence-corrected chi connectivity index (χ1v) is 6.00. The predicted molar refractivity (Wildman–Crippen MR) is 72.4 cm³/mol. The first-order chi connectivity index (χ1) is 8.70. The van der Waals surface area contributed by atoms with E-state index in [0.717, 1.165) is 5.56 Å². The van der Waals surface area contributed by atoms with Gasteiger partial charge in [-0.2, -0.15) is 4.98 Å². The Morgan fingerprint density at radius 2 is 2.00 bits per heavy atom. The van der Waals surface area contributed by atoms with Gasteiger partial charge in [-0.15, -0.1) is 0 Å². The molecule has 94 valence electrons. The number of nitrogens with zero attached hydrogens (tertiary/aromatic N) is 2. The zero-order chi connectivity index (χ0) is 13.0. The van der Waals surface area contributed by atoms with Crippen LogP contribution in [-0.2, 0) is 6.54 Å². The molecule has 0 aliphatic heterocycles. The minimum absolute atomic E-state index is 0.265. The van der Waals surface area contributed by atoms with E-state index in [-0.39, 0.29) is 6.01 Å². The summed E-state index contributed by atoms with van der Waals surface area (Å²) < 4.78 is 4.94. The molecule has 1 aromatic carbocycles. The molecule has 0 aliphatic carbocycles. The molecular weight excluding hydrogens is 273 g/mol. The van der Waals surface area contributed by atoms with Gasteiger partial charge in [0.25, 0.3) is 0 Å². The number of aromatic nitrogens is 2. The molecule has 0 saturated carbocycles. The highest BCUT2D eigenvalue weighted by Gasteiger charge is 2.06. The maximum absolute atomic E-state index is 6.06. The summed E-state index contributed by atoms with van der Waals surface area (Å²) in [6, 6.07) is 7.83. The zero-order valence-electron chi connectivity index (χ0n) is 9.65. The summed E-state index contributed by atoms with van der Waals surface area (Å²) >= 11 is 12.0. The van der Waals surface area contributed by atoms with Crippen LogP contribution in [0.2, 0.25) is 10.0 Å². The van der Waals surface area contributed by atoms with E-state index in [1.165, 1.54) is 13.3 Å². The van der Waals surface area contributed by atoms with Crippen molar-refractivity contribution >= 4 is 29.0 Å².